The molecule has 2 N–H and O–H groups in total. The van der Waals surface area contributed by atoms with Gasteiger partial charge in [-0.15, -0.1) is 0 Å². The summed E-state index contributed by atoms with van der Waals surface area (Å²) >= 11 is 0. The van der Waals surface area contributed by atoms with Crippen LogP contribution in [-0.2, 0) is 12.8 Å². The Morgan fingerprint density at radius 3 is 1.00 bits per heavy atom. The van der Waals surface area contributed by atoms with Crippen LogP contribution in [0.1, 0.15) is 153 Å². The predicted molar refractivity (Wildman–Crippen MR) is 211 cm³/mol. The van der Waals surface area contributed by atoms with Crippen LogP contribution in [0.4, 0.5) is 0 Å². The van der Waals surface area contributed by atoms with Crippen LogP contribution in [0, 0.1) is 0 Å². The zero-order valence-electron chi connectivity index (χ0n) is 30.2. The normalized spacial score (nSPS) is 11.9. The molecule has 258 valence electrons. The number of phenolic OH excluding ortho intramolecular Hbond substituents is 2. The molecule has 0 saturated carbocycles. The molecule has 0 amide bonds. The standard InChI is InChI=1S/C46H62O2/c1-3-5-7-9-11-13-15-17-19-21-23-35-25-27-37-31-39-34-44-40(33-43(39)45(47)41(37)29-35)32-38-28-26-36(30-42(38)46(44)48)24-22-20-18-16-14-12-10-8-6-4-2/h25-34,47-48H,3-24H2,1-2H3. The van der Waals surface area contributed by atoms with Gasteiger partial charge >= 0.3 is 0 Å². The van der Waals surface area contributed by atoms with Crippen molar-refractivity contribution >= 4 is 43.1 Å². The van der Waals surface area contributed by atoms with Crippen LogP contribution in [0.25, 0.3) is 43.1 Å². The first kappa shape index (κ1) is 36.0. The van der Waals surface area contributed by atoms with E-state index in [1.807, 2.05) is 0 Å². The maximum absolute atomic E-state index is 11.5. The highest BCUT2D eigenvalue weighted by atomic mass is 16.3. The van der Waals surface area contributed by atoms with E-state index in [4.69, 9.17) is 0 Å². The van der Waals surface area contributed by atoms with E-state index in [2.05, 4.69) is 74.5 Å². The molecule has 5 aromatic carbocycles. The zero-order valence-corrected chi connectivity index (χ0v) is 30.2. The van der Waals surface area contributed by atoms with E-state index in [1.165, 1.54) is 140 Å². The average Bonchev–Trinajstić information content (AvgIpc) is 3.10. The fourth-order valence-electron chi connectivity index (χ4n) is 7.72. The Bertz CT molecular complexity index is 1600. The number of unbranched alkanes of at least 4 members (excludes halogenated alkanes) is 18. The predicted octanol–water partition coefficient (Wildman–Crippen LogP) is 14.6. The Labute approximate surface area is 291 Å². The van der Waals surface area contributed by atoms with Gasteiger partial charge in [0.1, 0.15) is 11.5 Å². The van der Waals surface area contributed by atoms with E-state index in [9.17, 15) is 10.2 Å². The maximum Gasteiger partial charge on any atom is 0.131 e. The van der Waals surface area contributed by atoms with Gasteiger partial charge in [0.15, 0.2) is 0 Å². The second kappa shape index (κ2) is 19.1. The number of hydrogen-bond donors (Lipinski definition) is 2. The third kappa shape index (κ3) is 9.90. The minimum Gasteiger partial charge on any atom is -0.507 e. The largest absolute Gasteiger partial charge is 0.507 e. The van der Waals surface area contributed by atoms with E-state index < -0.39 is 0 Å². The molecular weight excluding hydrogens is 585 g/mol. The first-order chi connectivity index (χ1) is 23.6. The fourth-order valence-corrected chi connectivity index (χ4v) is 7.72. The van der Waals surface area contributed by atoms with Crippen LogP contribution >= 0.6 is 0 Å². The van der Waals surface area contributed by atoms with Crippen molar-refractivity contribution in [1.82, 2.24) is 0 Å². The van der Waals surface area contributed by atoms with Crippen LogP contribution in [-0.4, -0.2) is 10.2 Å². The van der Waals surface area contributed by atoms with Crippen molar-refractivity contribution in [2.45, 2.75) is 155 Å². The molecule has 0 bridgehead atoms. The lowest BCUT2D eigenvalue weighted by molar-refractivity contribution is 0.486. The number of benzene rings is 5. The lowest BCUT2D eigenvalue weighted by Gasteiger charge is -2.13. The van der Waals surface area contributed by atoms with E-state index in [1.54, 1.807) is 0 Å². The summed E-state index contributed by atoms with van der Waals surface area (Å²) in [7, 11) is 0. The lowest BCUT2D eigenvalue weighted by atomic mass is 9.94. The molecule has 0 aliphatic rings. The van der Waals surface area contributed by atoms with Gasteiger partial charge in [-0.1, -0.05) is 154 Å². The highest BCUT2D eigenvalue weighted by Crippen LogP contribution is 2.41. The summed E-state index contributed by atoms with van der Waals surface area (Å²) in [5, 5.41) is 30.5. The van der Waals surface area contributed by atoms with Gasteiger partial charge in [-0.25, -0.2) is 0 Å². The SMILES string of the molecule is CCCCCCCCCCCCc1ccc2cc3cc4c(O)c5cc(CCCCCCCCCCCC)ccc5cc4cc3c(O)c2c1. The molecule has 0 aliphatic heterocycles. The van der Waals surface area contributed by atoms with Crippen LogP contribution in [0.3, 0.4) is 0 Å². The lowest BCUT2D eigenvalue weighted by Crippen LogP contribution is -1.89. The summed E-state index contributed by atoms with van der Waals surface area (Å²) in [6, 6.07) is 21.6. The van der Waals surface area contributed by atoms with Crippen molar-refractivity contribution in [1.29, 1.82) is 0 Å². The van der Waals surface area contributed by atoms with Gasteiger partial charge in [-0.2, -0.15) is 0 Å². The highest BCUT2D eigenvalue weighted by Gasteiger charge is 2.13. The molecule has 0 atom stereocenters. The first-order valence-corrected chi connectivity index (χ1v) is 19.9. The summed E-state index contributed by atoms with van der Waals surface area (Å²) in [6.45, 7) is 4.56. The molecule has 0 fully saturated rings. The third-order valence-corrected chi connectivity index (χ3v) is 10.7. The van der Waals surface area contributed by atoms with Gasteiger partial charge in [0, 0.05) is 21.5 Å². The number of aromatic hydroxyl groups is 2. The summed E-state index contributed by atoms with van der Waals surface area (Å²) < 4.78 is 0. The van der Waals surface area contributed by atoms with E-state index in [0.29, 0.717) is 11.5 Å². The van der Waals surface area contributed by atoms with Gasteiger partial charge in [-0.05, 0) is 94.8 Å². The summed E-state index contributed by atoms with van der Waals surface area (Å²) in [5.74, 6) is 0.696. The molecule has 0 radical (unpaired) electrons. The van der Waals surface area contributed by atoms with Gasteiger partial charge < -0.3 is 10.2 Å². The van der Waals surface area contributed by atoms with Crippen molar-refractivity contribution in [2.75, 3.05) is 0 Å². The molecule has 0 heterocycles. The van der Waals surface area contributed by atoms with E-state index in [0.717, 1.165) is 55.9 Å². The molecule has 0 aliphatic carbocycles. The van der Waals surface area contributed by atoms with Crippen LogP contribution < -0.4 is 0 Å². The summed E-state index contributed by atoms with van der Waals surface area (Å²) in [6.07, 6.45) is 29.0. The highest BCUT2D eigenvalue weighted by molar-refractivity contribution is 6.14. The van der Waals surface area contributed by atoms with Crippen LogP contribution in [0.5, 0.6) is 11.5 Å². The first-order valence-electron chi connectivity index (χ1n) is 19.9. The Hall–Kier alpha value is -3.26. The molecule has 5 aromatic rings. The molecule has 5 rings (SSSR count). The summed E-state index contributed by atoms with van der Waals surface area (Å²) in [5.41, 5.74) is 2.60. The second-order valence-corrected chi connectivity index (χ2v) is 14.7. The molecule has 0 unspecified atom stereocenters. The van der Waals surface area contributed by atoms with Crippen molar-refractivity contribution in [3.8, 4) is 11.5 Å². The third-order valence-electron chi connectivity index (χ3n) is 10.7. The summed E-state index contributed by atoms with van der Waals surface area (Å²) in [4.78, 5) is 0. The Balaban J connectivity index is 1.20. The van der Waals surface area contributed by atoms with Crippen molar-refractivity contribution in [3.63, 3.8) is 0 Å². The molecular formula is C46H62O2. The Kier molecular flexibility index (Phi) is 14.3. The average molecular weight is 647 g/mol. The minimum absolute atomic E-state index is 0.348. The molecule has 48 heavy (non-hydrogen) atoms. The van der Waals surface area contributed by atoms with Crippen molar-refractivity contribution in [2.24, 2.45) is 0 Å². The number of rotatable bonds is 22. The van der Waals surface area contributed by atoms with Gasteiger partial charge in [0.05, 0.1) is 0 Å². The van der Waals surface area contributed by atoms with Crippen molar-refractivity contribution in [3.05, 3.63) is 71.8 Å². The quantitative estimate of drug-likeness (QED) is 0.0580. The topological polar surface area (TPSA) is 40.5 Å². The smallest absolute Gasteiger partial charge is 0.131 e. The number of hydrogen-bond acceptors (Lipinski definition) is 2. The molecule has 2 nitrogen and oxygen atoms in total. The molecule has 0 spiro atoms. The van der Waals surface area contributed by atoms with E-state index >= 15 is 0 Å². The van der Waals surface area contributed by atoms with Gasteiger partial charge in [0.25, 0.3) is 0 Å². The number of aryl methyl sites for hydroxylation is 2. The van der Waals surface area contributed by atoms with Gasteiger partial charge in [0.2, 0.25) is 0 Å². The Morgan fingerprint density at radius 2 is 0.646 bits per heavy atom. The molecule has 2 heteroatoms. The number of fused-ring (bicyclic) bond motifs is 4. The fraction of sp³-hybridized carbons (Fsp3) is 0.522. The zero-order chi connectivity index (χ0) is 33.6. The second-order valence-electron chi connectivity index (χ2n) is 14.7. The number of phenols is 2. The van der Waals surface area contributed by atoms with Crippen molar-refractivity contribution < 1.29 is 10.2 Å². The maximum atomic E-state index is 11.5. The van der Waals surface area contributed by atoms with Crippen LogP contribution in [0.15, 0.2) is 60.7 Å². The monoisotopic (exact) mass is 646 g/mol. The molecule has 0 aromatic heterocycles. The van der Waals surface area contributed by atoms with E-state index in [-0.39, 0.29) is 0 Å². The van der Waals surface area contributed by atoms with Gasteiger partial charge in [-0.3, -0.25) is 0 Å². The molecule has 0 saturated heterocycles. The minimum atomic E-state index is 0.348. The van der Waals surface area contributed by atoms with Crippen LogP contribution in [0.2, 0.25) is 0 Å². The Morgan fingerprint density at radius 1 is 0.333 bits per heavy atom.